The molecule has 8 nitrogen and oxygen atoms in total. The SMILES string of the molecule is CCOc1cc(-c2cc3n(n2)CCC3NC(=O)c2cc(C(F)(F)F)nn2C)ccn1. The van der Waals surface area contributed by atoms with Crippen LogP contribution in [0.25, 0.3) is 11.3 Å². The molecule has 158 valence electrons. The minimum Gasteiger partial charge on any atom is -0.478 e. The van der Waals surface area contributed by atoms with Crippen LogP contribution < -0.4 is 10.1 Å². The molecule has 1 aliphatic heterocycles. The number of rotatable bonds is 5. The molecule has 0 radical (unpaired) electrons. The van der Waals surface area contributed by atoms with Gasteiger partial charge in [-0.25, -0.2) is 4.98 Å². The van der Waals surface area contributed by atoms with E-state index >= 15 is 0 Å². The van der Waals surface area contributed by atoms with Crippen LogP contribution in [0.4, 0.5) is 13.2 Å². The minimum absolute atomic E-state index is 0.156. The van der Waals surface area contributed by atoms with E-state index in [0.717, 1.165) is 22.0 Å². The maximum atomic E-state index is 12.9. The van der Waals surface area contributed by atoms with Gasteiger partial charge < -0.3 is 10.1 Å². The van der Waals surface area contributed by atoms with Crippen molar-refractivity contribution in [2.45, 2.75) is 32.1 Å². The molecule has 30 heavy (non-hydrogen) atoms. The Bertz CT molecular complexity index is 1090. The lowest BCUT2D eigenvalue weighted by molar-refractivity contribution is -0.141. The molecule has 1 amide bonds. The third-order valence-electron chi connectivity index (χ3n) is 4.83. The Morgan fingerprint density at radius 1 is 1.30 bits per heavy atom. The highest BCUT2D eigenvalue weighted by Gasteiger charge is 2.36. The molecule has 4 rings (SSSR count). The standard InChI is InChI=1S/C19H19F3N6O2/c1-3-30-17-8-11(4-6-23-17)13-9-14-12(5-7-28(14)25-13)24-18(29)15-10-16(19(20,21)22)26-27(15)2/h4,6,8-10,12H,3,5,7H2,1-2H3,(H,24,29). The second-order valence-corrected chi connectivity index (χ2v) is 6.84. The highest BCUT2D eigenvalue weighted by Crippen LogP contribution is 2.32. The molecule has 1 aliphatic rings. The van der Waals surface area contributed by atoms with Crippen molar-refractivity contribution in [2.24, 2.45) is 7.05 Å². The Balaban J connectivity index is 1.54. The molecule has 0 saturated carbocycles. The third kappa shape index (κ3) is 3.74. The van der Waals surface area contributed by atoms with Crippen LogP contribution in [0.5, 0.6) is 5.88 Å². The fraction of sp³-hybridized carbons (Fsp3) is 0.368. The smallest absolute Gasteiger partial charge is 0.435 e. The molecule has 0 saturated heterocycles. The molecular weight excluding hydrogens is 401 g/mol. The van der Waals surface area contributed by atoms with Crippen LogP contribution in [0.2, 0.25) is 0 Å². The summed E-state index contributed by atoms with van der Waals surface area (Å²) in [6.07, 6.45) is -2.38. The van der Waals surface area contributed by atoms with Crippen molar-refractivity contribution < 1.29 is 22.7 Å². The average molecular weight is 420 g/mol. The number of ether oxygens (including phenoxy) is 1. The molecule has 1 atom stereocenters. The summed E-state index contributed by atoms with van der Waals surface area (Å²) in [7, 11) is 1.31. The Morgan fingerprint density at radius 3 is 2.80 bits per heavy atom. The van der Waals surface area contributed by atoms with Gasteiger partial charge in [-0.3, -0.25) is 14.2 Å². The second kappa shape index (κ2) is 7.47. The third-order valence-corrected chi connectivity index (χ3v) is 4.83. The quantitative estimate of drug-likeness (QED) is 0.686. The van der Waals surface area contributed by atoms with Gasteiger partial charge in [-0.1, -0.05) is 0 Å². The predicted octanol–water partition coefficient (Wildman–Crippen LogP) is 2.97. The topological polar surface area (TPSA) is 86.9 Å². The number of carbonyl (C=O) groups excluding carboxylic acids is 1. The van der Waals surface area contributed by atoms with Crippen LogP contribution in [0.3, 0.4) is 0 Å². The van der Waals surface area contributed by atoms with Gasteiger partial charge in [-0.2, -0.15) is 23.4 Å². The van der Waals surface area contributed by atoms with E-state index in [0.29, 0.717) is 31.1 Å². The number of carbonyl (C=O) groups is 1. The number of hydrogen-bond donors (Lipinski definition) is 1. The number of nitrogens with one attached hydrogen (secondary N) is 1. The van der Waals surface area contributed by atoms with Gasteiger partial charge in [0, 0.05) is 37.5 Å². The number of nitrogens with zero attached hydrogens (tertiary/aromatic N) is 5. The van der Waals surface area contributed by atoms with Gasteiger partial charge in [-0.15, -0.1) is 0 Å². The zero-order chi connectivity index (χ0) is 21.5. The van der Waals surface area contributed by atoms with E-state index in [1.54, 1.807) is 16.9 Å². The fourth-order valence-corrected chi connectivity index (χ4v) is 3.42. The number of amides is 1. The number of hydrogen-bond acceptors (Lipinski definition) is 5. The summed E-state index contributed by atoms with van der Waals surface area (Å²) in [5.74, 6) is -0.131. The van der Waals surface area contributed by atoms with E-state index in [9.17, 15) is 18.0 Å². The van der Waals surface area contributed by atoms with Crippen molar-refractivity contribution in [1.29, 1.82) is 0 Å². The Kier molecular flexibility index (Phi) is 4.96. The normalized spacial score (nSPS) is 15.8. The van der Waals surface area contributed by atoms with E-state index in [-0.39, 0.29) is 11.7 Å². The summed E-state index contributed by atoms with van der Waals surface area (Å²) in [5, 5.41) is 10.7. The van der Waals surface area contributed by atoms with Crippen molar-refractivity contribution in [3.8, 4) is 17.1 Å². The molecule has 4 heterocycles. The van der Waals surface area contributed by atoms with E-state index in [1.807, 2.05) is 19.1 Å². The number of aromatic nitrogens is 5. The van der Waals surface area contributed by atoms with Gasteiger partial charge in [0.1, 0.15) is 5.69 Å². The Morgan fingerprint density at radius 2 is 2.10 bits per heavy atom. The fourth-order valence-electron chi connectivity index (χ4n) is 3.42. The van der Waals surface area contributed by atoms with Crippen molar-refractivity contribution in [3.63, 3.8) is 0 Å². The average Bonchev–Trinajstić information content (AvgIpc) is 3.37. The van der Waals surface area contributed by atoms with Crippen LogP contribution in [-0.4, -0.2) is 37.1 Å². The minimum atomic E-state index is -4.61. The van der Waals surface area contributed by atoms with Gasteiger partial charge in [0.15, 0.2) is 5.69 Å². The molecule has 0 bridgehead atoms. The molecule has 0 aromatic carbocycles. The summed E-state index contributed by atoms with van der Waals surface area (Å²) >= 11 is 0. The molecule has 3 aromatic heterocycles. The van der Waals surface area contributed by atoms with Crippen LogP contribution >= 0.6 is 0 Å². The molecule has 1 unspecified atom stereocenters. The van der Waals surface area contributed by atoms with Crippen molar-refractivity contribution in [2.75, 3.05) is 6.61 Å². The lowest BCUT2D eigenvalue weighted by Crippen LogP contribution is -2.28. The molecule has 0 spiro atoms. The number of alkyl halides is 3. The molecule has 11 heteroatoms. The van der Waals surface area contributed by atoms with E-state index in [4.69, 9.17) is 4.74 Å². The van der Waals surface area contributed by atoms with Crippen molar-refractivity contribution in [1.82, 2.24) is 29.9 Å². The summed E-state index contributed by atoms with van der Waals surface area (Å²) in [6, 6.07) is 5.83. The van der Waals surface area contributed by atoms with Crippen LogP contribution in [0, 0.1) is 0 Å². The van der Waals surface area contributed by atoms with Crippen molar-refractivity contribution >= 4 is 5.91 Å². The predicted molar refractivity (Wildman–Crippen MR) is 99.7 cm³/mol. The summed E-state index contributed by atoms with van der Waals surface area (Å²) in [4.78, 5) is 16.7. The molecule has 0 aliphatic carbocycles. The first kappa shape index (κ1) is 19.9. The lowest BCUT2D eigenvalue weighted by Gasteiger charge is -2.11. The zero-order valence-corrected chi connectivity index (χ0v) is 16.3. The molecule has 1 N–H and O–H groups in total. The molecular formula is C19H19F3N6O2. The maximum Gasteiger partial charge on any atom is 0.435 e. The van der Waals surface area contributed by atoms with Crippen LogP contribution in [0.1, 0.15) is 41.3 Å². The van der Waals surface area contributed by atoms with Crippen molar-refractivity contribution in [3.05, 3.63) is 47.5 Å². The number of halogens is 3. The monoisotopic (exact) mass is 420 g/mol. The van der Waals surface area contributed by atoms with E-state index in [1.165, 1.54) is 7.05 Å². The maximum absolute atomic E-state index is 12.9. The molecule has 0 fully saturated rings. The van der Waals surface area contributed by atoms with Crippen LogP contribution in [-0.2, 0) is 19.8 Å². The van der Waals surface area contributed by atoms with Crippen LogP contribution in [0.15, 0.2) is 30.5 Å². The summed E-state index contributed by atoms with van der Waals surface area (Å²) in [6.45, 7) is 2.95. The Labute approximate surface area is 169 Å². The first-order chi connectivity index (χ1) is 14.3. The van der Waals surface area contributed by atoms with E-state index < -0.39 is 17.8 Å². The van der Waals surface area contributed by atoms with E-state index in [2.05, 4.69) is 20.5 Å². The number of fused-ring (bicyclic) bond motifs is 1. The Hall–Kier alpha value is -3.37. The number of pyridine rings is 1. The first-order valence-corrected chi connectivity index (χ1v) is 9.35. The summed E-state index contributed by atoms with van der Waals surface area (Å²) in [5.41, 5.74) is 1.05. The van der Waals surface area contributed by atoms with Gasteiger partial charge >= 0.3 is 6.18 Å². The largest absolute Gasteiger partial charge is 0.478 e. The van der Waals surface area contributed by atoms with Gasteiger partial charge in [0.25, 0.3) is 5.91 Å². The highest BCUT2D eigenvalue weighted by molar-refractivity contribution is 5.93. The lowest BCUT2D eigenvalue weighted by atomic mass is 10.1. The molecule has 3 aromatic rings. The van der Waals surface area contributed by atoms with Gasteiger partial charge in [-0.05, 0) is 25.5 Å². The number of aryl methyl sites for hydroxylation is 2. The highest BCUT2D eigenvalue weighted by atomic mass is 19.4. The van der Waals surface area contributed by atoms with Gasteiger partial charge in [0.2, 0.25) is 5.88 Å². The second-order valence-electron chi connectivity index (χ2n) is 6.84. The van der Waals surface area contributed by atoms with Gasteiger partial charge in [0.05, 0.1) is 24.0 Å². The first-order valence-electron chi connectivity index (χ1n) is 9.35. The zero-order valence-electron chi connectivity index (χ0n) is 16.3. The summed E-state index contributed by atoms with van der Waals surface area (Å²) < 4.78 is 46.7.